The number of carbonyl (C=O) groups is 2. The van der Waals surface area contributed by atoms with E-state index >= 15 is 0 Å². The van der Waals surface area contributed by atoms with E-state index in [2.05, 4.69) is 26.1 Å². The van der Waals surface area contributed by atoms with Gasteiger partial charge in [0, 0.05) is 26.1 Å². The van der Waals surface area contributed by atoms with Crippen LogP contribution in [-0.2, 0) is 9.59 Å². The van der Waals surface area contributed by atoms with Crippen molar-refractivity contribution in [3.8, 4) is 0 Å². The molecule has 0 spiro atoms. The molecule has 2 amide bonds. The van der Waals surface area contributed by atoms with Gasteiger partial charge in [0.1, 0.15) is 0 Å². The minimum absolute atomic E-state index is 0.0485. The summed E-state index contributed by atoms with van der Waals surface area (Å²) in [4.78, 5) is 25.4. The summed E-state index contributed by atoms with van der Waals surface area (Å²) < 4.78 is 0. The molecule has 0 aromatic rings. The van der Waals surface area contributed by atoms with Gasteiger partial charge in [-0.2, -0.15) is 0 Å². The lowest BCUT2D eigenvalue weighted by Crippen LogP contribution is -2.52. The van der Waals surface area contributed by atoms with Crippen molar-refractivity contribution in [2.24, 2.45) is 23.0 Å². The summed E-state index contributed by atoms with van der Waals surface area (Å²) in [5, 5.41) is 2.54. The summed E-state index contributed by atoms with van der Waals surface area (Å²) in [5.41, 5.74) is 5.97. The number of nitrogens with two attached hydrogens (primary N) is 1. The number of nitrogens with zero attached hydrogens (tertiary/aromatic N) is 1. The van der Waals surface area contributed by atoms with Crippen molar-refractivity contribution in [2.45, 2.75) is 39.7 Å². The standard InChI is InChI=1S/C14H27N3O2/c1-9-11(15)7-6-10(14(9,2)3)13(19)17(5)8-12(18)16-4/h9-11H,6-8,15H2,1-5H3,(H,16,18). The average molecular weight is 269 g/mol. The molecule has 0 aromatic heterocycles. The first-order valence-electron chi connectivity index (χ1n) is 6.93. The van der Waals surface area contributed by atoms with E-state index in [1.54, 1.807) is 14.1 Å². The number of nitrogens with one attached hydrogen (secondary N) is 1. The van der Waals surface area contributed by atoms with Crippen LogP contribution in [0.15, 0.2) is 0 Å². The van der Waals surface area contributed by atoms with Gasteiger partial charge in [-0.05, 0) is 24.2 Å². The Labute approximate surface area is 115 Å². The molecule has 19 heavy (non-hydrogen) atoms. The van der Waals surface area contributed by atoms with Crippen LogP contribution in [0, 0.1) is 17.3 Å². The summed E-state index contributed by atoms with van der Waals surface area (Å²) in [7, 11) is 3.26. The fourth-order valence-corrected chi connectivity index (χ4v) is 2.93. The van der Waals surface area contributed by atoms with Gasteiger partial charge in [0.05, 0.1) is 6.54 Å². The Morgan fingerprint density at radius 1 is 1.37 bits per heavy atom. The summed E-state index contributed by atoms with van der Waals surface area (Å²) >= 11 is 0. The molecule has 110 valence electrons. The van der Waals surface area contributed by atoms with Gasteiger partial charge in [0.15, 0.2) is 0 Å². The minimum atomic E-state index is -0.144. The van der Waals surface area contributed by atoms with Crippen LogP contribution in [0.4, 0.5) is 0 Å². The molecule has 3 N–H and O–H groups in total. The van der Waals surface area contributed by atoms with E-state index in [0.717, 1.165) is 12.8 Å². The molecule has 0 saturated heterocycles. The number of hydrogen-bond donors (Lipinski definition) is 2. The summed E-state index contributed by atoms with van der Waals surface area (Å²) in [6.07, 6.45) is 1.67. The third-order valence-corrected chi connectivity index (χ3v) is 4.84. The van der Waals surface area contributed by atoms with E-state index in [4.69, 9.17) is 5.73 Å². The maximum atomic E-state index is 12.5. The zero-order valence-corrected chi connectivity index (χ0v) is 12.7. The summed E-state index contributed by atoms with van der Waals surface area (Å²) in [6.45, 7) is 6.44. The second-order valence-corrected chi connectivity index (χ2v) is 6.27. The van der Waals surface area contributed by atoms with E-state index in [9.17, 15) is 9.59 Å². The van der Waals surface area contributed by atoms with Crippen molar-refractivity contribution < 1.29 is 9.59 Å². The summed E-state index contributed by atoms with van der Waals surface area (Å²) in [5.74, 6) is 0.141. The molecule has 3 unspecified atom stereocenters. The lowest BCUT2D eigenvalue weighted by atomic mass is 9.61. The lowest BCUT2D eigenvalue weighted by molar-refractivity contribution is -0.144. The molecule has 3 atom stereocenters. The Balaban J connectivity index is 2.78. The Kier molecular flexibility index (Phi) is 4.96. The predicted molar refractivity (Wildman–Crippen MR) is 75.3 cm³/mol. The normalized spacial score (nSPS) is 29.7. The third-order valence-electron chi connectivity index (χ3n) is 4.84. The van der Waals surface area contributed by atoms with Crippen molar-refractivity contribution in [1.82, 2.24) is 10.2 Å². The molecule has 0 radical (unpaired) electrons. The number of amides is 2. The summed E-state index contributed by atoms with van der Waals surface area (Å²) in [6, 6.07) is 0.156. The molecule has 5 nitrogen and oxygen atoms in total. The molecule has 1 rings (SSSR count). The third kappa shape index (κ3) is 3.26. The van der Waals surface area contributed by atoms with Crippen LogP contribution in [-0.4, -0.2) is 43.4 Å². The van der Waals surface area contributed by atoms with Crippen LogP contribution < -0.4 is 11.1 Å². The highest BCUT2D eigenvalue weighted by Crippen LogP contribution is 2.44. The Hall–Kier alpha value is -1.10. The van der Waals surface area contributed by atoms with Crippen molar-refractivity contribution in [1.29, 1.82) is 0 Å². The number of likely N-dealkylation sites (N-methyl/N-ethyl adjacent to an activating group) is 2. The van der Waals surface area contributed by atoms with Crippen molar-refractivity contribution in [3.05, 3.63) is 0 Å². The highest BCUT2D eigenvalue weighted by Gasteiger charge is 2.45. The number of rotatable bonds is 3. The van der Waals surface area contributed by atoms with Gasteiger partial charge >= 0.3 is 0 Å². The SMILES string of the molecule is CNC(=O)CN(C)C(=O)C1CCC(N)C(C)C1(C)C. The maximum absolute atomic E-state index is 12.5. The van der Waals surface area contributed by atoms with Gasteiger partial charge in [-0.15, -0.1) is 0 Å². The fourth-order valence-electron chi connectivity index (χ4n) is 2.93. The van der Waals surface area contributed by atoms with Crippen LogP contribution in [0.1, 0.15) is 33.6 Å². The van der Waals surface area contributed by atoms with Crippen LogP contribution in [0.3, 0.4) is 0 Å². The molecule has 0 heterocycles. The van der Waals surface area contributed by atoms with Crippen LogP contribution in [0.25, 0.3) is 0 Å². The van der Waals surface area contributed by atoms with E-state index < -0.39 is 0 Å². The predicted octanol–water partition coefficient (Wildman–Crippen LogP) is 0.590. The fraction of sp³-hybridized carbons (Fsp3) is 0.857. The molecule has 0 aromatic carbocycles. The van der Waals surface area contributed by atoms with Gasteiger partial charge in [0.25, 0.3) is 0 Å². The van der Waals surface area contributed by atoms with Gasteiger partial charge < -0.3 is 16.0 Å². The Morgan fingerprint density at radius 2 is 1.95 bits per heavy atom. The van der Waals surface area contributed by atoms with E-state index in [1.165, 1.54) is 4.90 Å². The highest BCUT2D eigenvalue weighted by molar-refractivity contribution is 5.86. The van der Waals surface area contributed by atoms with Crippen molar-refractivity contribution in [2.75, 3.05) is 20.6 Å². The molecule has 0 bridgehead atoms. The molecule has 0 aliphatic heterocycles. The molecule has 5 heteroatoms. The van der Waals surface area contributed by atoms with Crippen LogP contribution in [0.5, 0.6) is 0 Å². The van der Waals surface area contributed by atoms with E-state index in [0.29, 0.717) is 5.92 Å². The number of carbonyl (C=O) groups excluding carboxylic acids is 2. The molecular formula is C14H27N3O2. The first-order chi connectivity index (χ1) is 8.71. The number of hydrogen-bond acceptors (Lipinski definition) is 3. The van der Waals surface area contributed by atoms with Crippen LogP contribution in [0.2, 0.25) is 0 Å². The van der Waals surface area contributed by atoms with Crippen molar-refractivity contribution >= 4 is 11.8 Å². The minimum Gasteiger partial charge on any atom is -0.358 e. The molecule has 1 aliphatic carbocycles. The van der Waals surface area contributed by atoms with Crippen molar-refractivity contribution in [3.63, 3.8) is 0 Å². The maximum Gasteiger partial charge on any atom is 0.239 e. The molecular weight excluding hydrogens is 242 g/mol. The van der Waals surface area contributed by atoms with Gasteiger partial charge in [-0.1, -0.05) is 20.8 Å². The van der Waals surface area contributed by atoms with Gasteiger partial charge in [-0.25, -0.2) is 0 Å². The van der Waals surface area contributed by atoms with E-state index in [1.807, 2.05) is 0 Å². The van der Waals surface area contributed by atoms with Gasteiger partial charge in [-0.3, -0.25) is 9.59 Å². The monoisotopic (exact) mass is 269 g/mol. The molecule has 1 aliphatic rings. The average Bonchev–Trinajstić information content (AvgIpc) is 2.35. The lowest BCUT2D eigenvalue weighted by Gasteiger charge is -2.46. The molecule has 1 fully saturated rings. The largest absolute Gasteiger partial charge is 0.358 e. The van der Waals surface area contributed by atoms with Crippen LogP contribution >= 0.6 is 0 Å². The Morgan fingerprint density at radius 3 is 2.47 bits per heavy atom. The van der Waals surface area contributed by atoms with E-state index in [-0.39, 0.29) is 35.7 Å². The second kappa shape index (κ2) is 5.90. The smallest absolute Gasteiger partial charge is 0.239 e. The van der Waals surface area contributed by atoms with Gasteiger partial charge in [0.2, 0.25) is 11.8 Å². The highest BCUT2D eigenvalue weighted by atomic mass is 16.2. The topological polar surface area (TPSA) is 75.4 Å². The molecule has 1 saturated carbocycles. The quantitative estimate of drug-likeness (QED) is 0.787. The first kappa shape index (κ1) is 16.0. The first-order valence-corrected chi connectivity index (χ1v) is 6.93. The second-order valence-electron chi connectivity index (χ2n) is 6.27. The Bertz CT molecular complexity index is 355. The zero-order chi connectivity index (χ0) is 14.8. The zero-order valence-electron chi connectivity index (χ0n) is 12.7.